The highest BCUT2D eigenvalue weighted by atomic mass is 15.1. The number of fused-ring (bicyclic) bond motifs is 8. The second kappa shape index (κ2) is 23.3. The molecule has 2 unspecified atom stereocenters. The molecule has 462 valence electrons. The third kappa shape index (κ3) is 9.52. The average Bonchev–Trinajstić information content (AvgIpc) is 1.53. The second-order valence-electron chi connectivity index (χ2n) is 28.1. The van der Waals surface area contributed by atoms with Crippen LogP contribution < -0.4 is 9.80 Å². The molecule has 2 aliphatic carbocycles. The summed E-state index contributed by atoms with van der Waals surface area (Å²) in [5, 5.41) is 4.65. The Morgan fingerprint density at radius 3 is 0.917 bits per heavy atom. The highest BCUT2D eigenvalue weighted by molar-refractivity contribution is 6.13. The molecule has 2 nitrogen and oxygen atoms in total. The van der Waals surface area contributed by atoms with Crippen LogP contribution in [0.2, 0.25) is 0 Å². The van der Waals surface area contributed by atoms with Crippen LogP contribution in [-0.2, 0) is 21.7 Å². The SMILES string of the molecule is C=Cc1ccc(C2(c3ccc(C(C)(C)C)cc3)c3ccccc3-c3ccc(N(c4ccccc4)c4ccc(-c5ccc(N(c6ccccc6)c6ccc7c(c6)C(c6ccc(C=C)cc6)(c6ccc(C(C)(C)C)cc6)c6ccccc6-7)c6ccccc56)c5ccccc45)cc32)cc1. The number of para-hydroxylation sites is 2. The fraction of sp³-hybridized carbons (Fsp3) is 0.106. The molecule has 2 atom stereocenters. The highest BCUT2D eigenvalue weighted by Crippen LogP contribution is 2.60. The van der Waals surface area contributed by atoms with Crippen molar-refractivity contribution in [3.8, 4) is 33.4 Å². The quantitative estimate of drug-likeness (QED) is 0.114. The van der Waals surface area contributed by atoms with Crippen molar-refractivity contribution in [2.45, 2.75) is 63.2 Å². The van der Waals surface area contributed by atoms with E-state index in [1.165, 1.54) is 99.8 Å². The number of rotatable bonds is 13. The lowest BCUT2D eigenvalue weighted by atomic mass is 9.67. The maximum Gasteiger partial charge on any atom is 0.0714 e. The van der Waals surface area contributed by atoms with Gasteiger partial charge in [-0.15, -0.1) is 0 Å². The summed E-state index contributed by atoms with van der Waals surface area (Å²) >= 11 is 0. The summed E-state index contributed by atoms with van der Waals surface area (Å²) in [6, 6.07) is 119. The van der Waals surface area contributed by atoms with Gasteiger partial charge in [0.25, 0.3) is 0 Å². The Morgan fingerprint density at radius 1 is 0.260 bits per heavy atom. The first kappa shape index (κ1) is 59.7. The Kier molecular flexibility index (Phi) is 14.5. The van der Waals surface area contributed by atoms with E-state index in [9.17, 15) is 0 Å². The molecular weight excluding hydrogens is 1160 g/mol. The van der Waals surface area contributed by atoms with Crippen LogP contribution in [0.1, 0.15) is 108 Å². The van der Waals surface area contributed by atoms with Gasteiger partial charge in [0.1, 0.15) is 0 Å². The third-order valence-electron chi connectivity index (χ3n) is 20.7. The van der Waals surface area contributed by atoms with Gasteiger partial charge in [0, 0.05) is 33.5 Å². The summed E-state index contributed by atoms with van der Waals surface area (Å²) in [7, 11) is 0. The van der Waals surface area contributed by atoms with Crippen LogP contribution in [0.15, 0.2) is 329 Å². The molecule has 2 aliphatic rings. The molecule has 96 heavy (non-hydrogen) atoms. The number of nitrogens with zero attached hydrogens (tertiary/aromatic N) is 2. The average molecular weight is 1230 g/mol. The van der Waals surface area contributed by atoms with Gasteiger partial charge in [-0.05, 0) is 182 Å². The Bertz CT molecular complexity index is 4980. The van der Waals surface area contributed by atoms with E-state index in [1.807, 2.05) is 12.2 Å². The predicted octanol–water partition coefficient (Wildman–Crippen LogP) is 25.2. The van der Waals surface area contributed by atoms with Crippen molar-refractivity contribution in [3.63, 3.8) is 0 Å². The number of hydrogen-bond acceptors (Lipinski definition) is 2. The number of hydrogen-bond donors (Lipinski definition) is 0. The molecular formula is C94H76N2. The number of benzene rings is 14. The minimum absolute atomic E-state index is 0.00149. The van der Waals surface area contributed by atoms with Gasteiger partial charge < -0.3 is 9.80 Å². The van der Waals surface area contributed by atoms with Crippen LogP contribution in [0.3, 0.4) is 0 Å². The first-order chi connectivity index (χ1) is 46.8. The van der Waals surface area contributed by atoms with E-state index < -0.39 is 10.8 Å². The minimum Gasteiger partial charge on any atom is -0.310 e. The van der Waals surface area contributed by atoms with E-state index in [4.69, 9.17) is 0 Å². The van der Waals surface area contributed by atoms with Crippen LogP contribution in [0.25, 0.3) is 67.1 Å². The summed E-state index contributed by atoms with van der Waals surface area (Å²) in [4.78, 5) is 4.95. The fourth-order valence-electron chi connectivity index (χ4n) is 16.0. The zero-order chi connectivity index (χ0) is 65.5. The predicted molar refractivity (Wildman–Crippen MR) is 408 cm³/mol. The van der Waals surface area contributed by atoms with Gasteiger partial charge in [-0.2, -0.15) is 0 Å². The molecule has 0 bridgehead atoms. The smallest absolute Gasteiger partial charge is 0.0714 e. The zero-order valence-electron chi connectivity index (χ0n) is 55.5. The van der Waals surface area contributed by atoms with E-state index in [0.717, 1.165) is 56.0 Å². The van der Waals surface area contributed by atoms with E-state index in [-0.39, 0.29) is 10.8 Å². The summed E-state index contributed by atoms with van der Waals surface area (Å²) in [5.74, 6) is 0. The molecule has 0 radical (unpaired) electrons. The first-order valence-electron chi connectivity index (χ1n) is 33.7. The molecule has 0 spiro atoms. The topological polar surface area (TPSA) is 6.48 Å². The van der Waals surface area contributed by atoms with Crippen molar-refractivity contribution >= 4 is 67.8 Å². The minimum atomic E-state index is -0.621. The van der Waals surface area contributed by atoms with Gasteiger partial charge in [-0.25, -0.2) is 0 Å². The summed E-state index contributed by atoms with van der Waals surface area (Å²) in [6.45, 7) is 22.1. The molecule has 0 aromatic heterocycles. The van der Waals surface area contributed by atoms with Crippen molar-refractivity contribution in [1.29, 1.82) is 0 Å². The van der Waals surface area contributed by atoms with Crippen molar-refractivity contribution in [3.05, 3.63) is 395 Å². The van der Waals surface area contributed by atoms with Gasteiger partial charge in [0.15, 0.2) is 0 Å². The molecule has 0 fully saturated rings. The van der Waals surface area contributed by atoms with Gasteiger partial charge in [-0.1, -0.05) is 322 Å². The number of anilines is 6. The Balaban J connectivity index is 0.861. The standard InChI is InChI=1S/C94H76N2/c1-9-63-37-41-67(42-38-63)93(69-49-45-65(46-50-69)91(3,4)5)85-35-23-21-31-79(85)81-55-53-73(61-87(81)93)95(71-25-13-11-14-26-71)89-59-57-77(75-29-17-19-33-83(75)89)78-58-60-90(84-34-20-18-30-76(78)84)96(72-27-15-12-16-28-72)74-54-56-82-80-32-22-24-36-86(80)94(88(82)62-74,68-43-39-64(10-2)40-44-68)70-51-47-66(48-52-70)92(6,7)8/h9-62H,1-2H2,3-8H3. The lowest BCUT2D eigenvalue weighted by molar-refractivity contribution is 0.589. The van der Waals surface area contributed by atoms with Crippen LogP contribution in [0, 0.1) is 0 Å². The largest absolute Gasteiger partial charge is 0.310 e. The Morgan fingerprint density at radius 2 is 0.562 bits per heavy atom. The molecule has 0 aliphatic heterocycles. The van der Waals surface area contributed by atoms with Crippen LogP contribution in [-0.4, -0.2) is 0 Å². The molecule has 0 N–H and O–H groups in total. The maximum atomic E-state index is 4.15. The van der Waals surface area contributed by atoms with Gasteiger partial charge in [0.2, 0.25) is 0 Å². The molecule has 14 aromatic rings. The van der Waals surface area contributed by atoms with E-state index in [1.54, 1.807) is 0 Å². The van der Waals surface area contributed by atoms with Crippen LogP contribution in [0.5, 0.6) is 0 Å². The lowest BCUT2D eigenvalue weighted by Crippen LogP contribution is -2.29. The monoisotopic (exact) mass is 1230 g/mol. The molecule has 0 saturated carbocycles. The fourth-order valence-corrected chi connectivity index (χ4v) is 16.0. The van der Waals surface area contributed by atoms with E-state index in [2.05, 4.69) is 380 Å². The maximum absolute atomic E-state index is 4.15. The lowest BCUT2D eigenvalue weighted by Gasteiger charge is -2.35. The van der Waals surface area contributed by atoms with Crippen molar-refractivity contribution in [2.24, 2.45) is 0 Å². The van der Waals surface area contributed by atoms with Crippen molar-refractivity contribution < 1.29 is 0 Å². The highest BCUT2D eigenvalue weighted by Gasteiger charge is 2.48. The van der Waals surface area contributed by atoms with Crippen molar-refractivity contribution in [2.75, 3.05) is 9.80 Å². The normalized spacial score (nSPS) is 15.4. The van der Waals surface area contributed by atoms with Crippen LogP contribution >= 0.6 is 0 Å². The summed E-state index contributed by atoms with van der Waals surface area (Å²) < 4.78 is 0. The summed E-state index contributed by atoms with van der Waals surface area (Å²) in [5.41, 5.74) is 27.4. The molecule has 0 heterocycles. The first-order valence-corrected chi connectivity index (χ1v) is 33.7. The third-order valence-corrected chi connectivity index (χ3v) is 20.7. The zero-order valence-corrected chi connectivity index (χ0v) is 55.5. The molecule has 0 amide bonds. The van der Waals surface area contributed by atoms with Crippen molar-refractivity contribution in [1.82, 2.24) is 0 Å². The van der Waals surface area contributed by atoms with E-state index in [0.29, 0.717) is 0 Å². The van der Waals surface area contributed by atoms with E-state index >= 15 is 0 Å². The molecule has 0 saturated heterocycles. The summed E-state index contributed by atoms with van der Waals surface area (Å²) in [6.07, 6.45) is 3.87. The van der Waals surface area contributed by atoms with Gasteiger partial charge >= 0.3 is 0 Å². The second-order valence-corrected chi connectivity index (χ2v) is 28.1. The Labute approximate surface area is 566 Å². The Hall–Kier alpha value is -11.3. The molecule has 2 heteroatoms. The van der Waals surface area contributed by atoms with Gasteiger partial charge in [0.05, 0.1) is 22.2 Å². The molecule has 16 rings (SSSR count). The van der Waals surface area contributed by atoms with Gasteiger partial charge in [-0.3, -0.25) is 0 Å². The molecule has 14 aromatic carbocycles. The van der Waals surface area contributed by atoms with Crippen LogP contribution in [0.4, 0.5) is 34.1 Å².